The summed E-state index contributed by atoms with van der Waals surface area (Å²) < 4.78 is 23.2. The fourth-order valence-electron chi connectivity index (χ4n) is 1.84. The van der Waals surface area contributed by atoms with E-state index in [1.807, 2.05) is 24.3 Å². The van der Waals surface area contributed by atoms with Crippen molar-refractivity contribution in [3.63, 3.8) is 0 Å². The molecule has 0 aliphatic carbocycles. The number of hydrogen-bond acceptors (Lipinski definition) is 2. The topological polar surface area (TPSA) is 60.2 Å². The summed E-state index contributed by atoms with van der Waals surface area (Å²) in [5.41, 5.74) is 2.53. The zero-order chi connectivity index (χ0) is 13.2. The summed E-state index contributed by atoms with van der Waals surface area (Å²) in [6.45, 7) is 0. The minimum absolute atomic E-state index is 0.151. The highest BCUT2D eigenvalue weighted by molar-refractivity contribution is 9.08. The first kappa shape index (κ1) is 13.3. The number of hydrogen-bond donors (Lipinski definition) is 1. The van der Waals surface area contributed by atoms with Crippen molar-refractivity contribution in [1.82, 2.24) is 0 Å². The molecule has 0 radical (unpaired) electrons. The highest BCUT2D eigenvalue weighted by Crippen LogP contribution is 2.30. The van der Waals surface area contributed by atoms with E-state index >= 15 is 0 Å². The Kier molecular flexibility index (Phi) is 3.85. The number of halogens is 1. The zero-order valence-corrected chi connectivity index (χ0v) is 11.9. The molecule has 0 saturated heterocycles. The van der Waals surface area contributed by atoms with E-state index in [4.69, 9.17) is 5.14 Å². The van der Waals surface area contributed by atoms with Crippen LogP contribution in [0, 0.1) is 0 Å². The van der Waals surface area contributed by atoms with Gasteiger partial charge in [-0.3, -0.25) is 0 Å². The van der Waals surface area contributed by atoms with Crippen molar-refractivity contribution in [2.24, 2.45) is 5.14 Å². The Morgan fingerprint density at radius 2 is 1.50 bits per heavy atom. The Hall–Kier alpha value is -1.17. The Morgan fingerprint density at radius 1 is 0.944 bits per heavy atom. The van der Waals surface area contributed by atoms with Gasteiger partial charge in [-0.1, -0.05) is 58.4 Å². The van der Waals surface area contributed by atoms with Crippen LogP contribution < -0.4 is 5.14 Å². The van der Waals surface area contributed by atoms with Gasteiger partial charge < -0.3 is 0 Å². The van der Waals surface area contributed by atoms with E-state index in [0.717, 1.165) is 11.1 Å². The lowest BCUT2D eigenvalue weighted by Crippen LogP contribution is -2.13. The third-order valence-corrected chi connectivity index (χ3v) is 4.22. The highest BCUT2D eigenvalue weighted by atomic mass is 79.9. The molecule has 3 nitrogen and oxygen atoms in total. The minimum atomic E-state index is -3.72. The Labute approximate surface area is 115 Å². The summed E-state index contributed by atoms with van der Waals surface area (Å²) in [5.74, 6) is 0. The van der Waals surface area contributed by atoms with Crippen LogP contribution in [0.1, 0.15) is 5.56 Å². The second-order valence-electron chi connectivity index (χ2n) is 3.83. The quantitative estimate of drug-likeness (QED) is 0.882. The van der Waals surface area contributed by atoms with Crippen LogP contribution in [0.3, 0.4) is 0 Å². The van der Waals surface area contributed by atoms with Crippen molar-refractivity contribution < 1.29 is 8.42 Å². The second-order valence-corrected chi connectivity index (χ2v) is 5.92. The van der Waals surface area contributed by atoms with Gasteiger partial charge in [0, 0.05) is 10.9 Å². The molecule has 0 bridgehead atoms. The standard InChI is InChI=1S/C13H12BrNO2S/c14-9-10-5-1-2-6-11(10)12-7-3-4-8-13(12)18(15,16)17/h1-8H,9H2,(H2,15,16,17). The number of benzene rings is 2. The van der Waals surface area contributed by atoms with Gasteiger partial charge in [0.25, 0.3) is 0 Å². The molecule has 0 aliphatic heterocycles. The van der Waals surface area contributed by atoms with Crippen molar-refractivity contribution in [1.29, 1.82) is 0 Å². The van der Waals surface area contributed by atoms with Crippen molar-refractivity contribution >= 4 is 26.0 Å². The molecule has 5 heteroatoms. The lowest BCUT2D eigenvalue weighted by molar-refractivity contribution is 0.598. The van der Waals surface area contributed by atoms with Crippen molar-refractivity contribution in [3.05, 3.63) is 54.1 Å². The van der Waals surface area contributed by atoms with E-state index in [2.05, 4.69) is 15.9 Å². The predicted octanol–water partition coefficient (Wildman–Crippen LogP) is 2.90. The first-order chi connectivity index (χ1) is 8.54. The van der Waals surface area contributed by atoms with Gasteiger partial charge >= 0.3 is 0 Å². The molecule has 0 atom stereocenters. The lowest BCUT2D eigenvalue weighted by Gasteiger charge is -2.11. The van der Waals surface area contributed by atoms with Crippen LogP contribution in [0.2, 0.25) is 0 Å². The van der Waals surface area contributed by atoms with Gasteiger partial charge in [-0.2, -0.15) is 0 Å². The fourth-order valence-corrected chi connectivity index (χ4v) is 3.08. The first-order valence-electron chi connectivity index (χ1n) is 5.30. The number of sulfonamides is 1. The monoisotopic (exact) mass is 325 g/mol. The van der Waals surface area contributed by atoms with E-state index in [-0.39, 0.29) is 4.90 Å². The maximum atomic E-state index is 11.6. The average molecular weight is 326 g/mol. The van der Waals surface area contributed by atoms with E-state index in [1.54, 1.807) is 18.2 Å². The van der Waals surface area contributed by atoms with Gasteiger partial charge in [0.2, 0.25) is 10.0 Å². The maximum Gasteiger partial charge on any atom is 0.238 e. The molecule has 2 N–H and O–H groups in total. The van der Waals surface area contributed by atoms with E-state index in [9.17, 15) is 8.42 Å². The molecular formula is C13H12BrNO2S. The number of nitrogens with two attached hydrogens (primary N) is 1. The third kappa shape index (κ3) is 2.63. The third-order valence-electron chi connectivity index (χ3n) is 2.65. The van der Waals surface area contributed by atoms with Crippen LogP contribution in [-0.2, 0) is 15.4 Å². The molecule has 0 spiro atoms. The number of primary sulfonamides is 1. The van der Waals surface area contributed by atoms with Gasteiger partial charge in [0.15, 0.2) is 0 Å². The minimum Gasteiger partial charge on any atom is -0.225 e. The molecule has 2 rings (SSSR count). The van der Waals surface area contributed by atoms with Gasteiger partial charge in [-0.05, 0) is 17.2 Å². The Bertz CT molecular complexity index is 668. The maximum absolute atomic E-state index is 11.6. The fraction of sp³-hybridized carbons (Fsp3) is 0.0769. The zero-order valence-electron chi connectivity index (χ0n) is 9.51. The normalized spacial score (nSPS) is 11.4. The molecule has 0 amide bonds. The Morgan fingerprint density at radius 3 is 2.11 bits per heavy atom. The van der Waals surface area contributed by atoms with Gasteiger partial charge in [-0.25, -0.2) is 13.6 Å². The molecule has 2 aromatic rings. The molecule has 0 aromatic heterocycles. The first-order valence-corrected chi connectivity index (χ1v) is 7.97. The van der Waals surface area contributed by atoms with Crippen LogP contribution in [-0.4, -0.2) is 8.42 Å². The summed E-state index contributed by atoms with van der Waals surface area (Å²) in [5, 5.41) is 5.90. The van der Waals surface area contributed by atoms with Crippen LogP contribution in [0.15, 0.2) is 53.4 Å². The van der Waals surface area contributed by atoms with E-state index in [0.29, 0.717) is 10.9 Å². The summed E-state index contributed by atoms with van der Waals surface area (Å²) in [4.78, 5) is 0.151. The van der Waals surface area contributed by atoms with Gasteiger partial charge in [0.05, 0.1) is 4.90 Å². The molecule has 0 aliphatic rings. The van der Waals surface area contributed by atoms with E-state index in [1.165, 1.54) is 6.07 Å². The van der Waals surface area contributed by atoms with Crippen molar-refractivity contribution in [3.8, 4) is 11.1 Å². The van der Waals surface area contributed by atoms with Crippen molar-refractivity contribution in [2.75, 3.05) is 0 Å². The van der Waals surface area contributed by atoms with Crippen LogP contribution in [0.4, 0.5) is 0 Å². The summed E-state index contributed by atoms with van der Waals surface area (Å²) in [7, 11) is -3.72. The predicted molar refractivity (Wildman–Crippen MR) is 75.9 cm³/mol. The molecule has 0 heterocycles. The molecule has 94 valence electrons. The molecule has 18 heavy (non-hydrogen) atoms. The summed E-state index contributed by atoms with van der Waals surface area (Å²) in [6.07, 6.45) is 0. The van der Waals surface area contributed by atoms with Crippen LogP contribution in [0.25, 0.3) is 11.1 Å². The average Bonchev–Trinajstić information content (AvgIpc) is 2.37. The second kappa shape index (κ2) is 5.22. The van der Waals surface area contributed by atoms with Crippen LogP contribution in [0.5, 0.6) is 0 Å². The van der Waals surface area contributed by atoms with E-state index < -0.39 is 10.0 Å². The number of alkyl halides is 1. The highest BCUT2D eigenvalue weighted by Gasteiger charge is 2.15. The molecule has 0 fully saturated rings. The molecule has 2 aromatic carbocycles. The molecule has 0 unspecified atom stereocenters. The SMILES string of the molecule is NS(=O)(=O)c1ccccc1-c1ccccc1CBr. The molecular weight excluding hydrogens is 314 g/mol. The molecule has 0 saturated carbocycles. The summed E-state index contributed by atoms with van der Waals surface area (Å²) in [6, 6.07) is 14.4. The Balaban J connectivity index is 2.72. The smallest absolute Gasteiger partial charge is 0.225 e. The summed E-state index contributed by atoms with van der Waals surface area (Å²) >= 11 is 3.40. The van der Waals surface area contributed by atoms with Crippen molar-refractivity contribution in [2.45, 2.75) is 10.2 Å². The largest absolute Gasteiger partial charge is 0.238 e. The van der Waals surface area contributed by atoms with Gasteiger partial charge in [0.1, 0.15) is 0 Å². The van der Waals surface area contributed by atoms with Gasteiger partial charge in [-0.15, -0.1) is 0 Å². The lowest BCUT2D eigenvalue weighted by atomic mass is 10.0. The van der Waals surface area contributed by atoms with Crippen LogP contribution >= 0.6 is 15.9 Å². The number of rotatable bonds is 3.